The van der Waals surface area contributed by atoms with Crippen molar-refractivity contribution in [2.75, 3.05) is 25.1 Å². The Balaban J connectivity index is 1.64. The van der Waals surface area contributed by atoms with E-state index in [4.69, 9.17) is 4.98 Å². The third-order valence-electron chi connectivity index (χ3n) is 6.38. The molecule has 0 spiro atoms. The van der Waals surface area contributed by atoms with Crippen molar-refractivity contribution in [1.82, 2.24) is 19.8 Å². The Morgan fingerprint density at radius 2 is 1.79 bits per heavy atom. The molecule has 2 aromatic carbocycles. The number of nitrogens with zero attached hydrogens (tertiary/aromatic N) is 3. The van der Waals surface area contributed by atoms with Crippen LogP contribution in [-0.4, -0.2) is 51.4 Å². The van der Waals surface area contributed by atoms with Crippen LogP contribution in [0.5, 0.6) is 0 Å². The molecule has 7 heteroatoms. The summed E-state index contributed by atoms with van der Waals surface area (Å²) < 4.78 is 2.01. The lowest BCUT2D eigenvalue weighted by Gasteiger charge is -2.31. The third kappa shape index (κ3) is 5.58. The lowest BCUT2D eigenvalue weighted by molar-refractivity contribution is -0.133. The number of fused-ring (bicyclic) bond motifs is 1. The number of likely N-dealkylation sites (tertiary alicyclic amines) is 1. The van der Waals surface area contributed by atoms with E-state index in [1.807, 2.05) is 64.1 Å². The fourth-order valence-corrected chi connectivity index (χ4v) is 4.82. The molecule has 0 radical (unpaired) electrons. The molecule has 2 heterocycles. The van der Waals surface area contributed by atoms with E-state index in [1.165, 1.54) is 0 Å². The molecule has 0 bridgehead atoms. The van der Waals surface area contributed by atoms with Crippen molar-refractivity contribution in [3.8, 4) is 0 Å². The van der Waals surface area contributed by atoms with Crippen LogP contribution in [0, 0.1) is 5.92 Å². The molecule has 1 saturated heterocycles. The number of amides is 2. The molecule has 1 aliphatic rings. The lowest BCUT2D eigenvalue weighted by atomic mass is 9.99. The predicted octanol–water partition coefficient (Wildman–Crippen LogP) is 4.52. The zero-order valence-corrected chi connectivity index (χ0v) is 20.2. The summed E-state index contributed by atoms with van der Waals surface area (Å²) in [6.07, 6.45) is 4.89. The van der Waals surface area contributed by atoms with Gasteiger partial charge < -0.3 is 14.8 Å². The average Bonchev–Trinajstić information content (AvgIpc) is 3.20. The van der Waals surface area contributed by atoms with Gasteiger partial charge in [-0.05, 0) is 61.5 Å². The number of carbonyl (C=O) groups is 2. The van der Waals surface area contributed by atoms with E-state index in [1.54, 1.807) is 11.8 Å². The first kappa shape index (κ1) is 23.4. The molecule has 1 aliphatic heterocycles. The molecule has 174 valence electrons. The zero-order chi connectivity index (χ0) is 23.2. The Morgan fingerprint density at radius 1 is 1.09 bits per heavy atom. The van der Waals surface area contributed by atoms with E-state index in [0.29, 0.717) is 11.5 Å². The van der Waals surface area contributed by atoms with E-state index in [0.717, 1.165) is 55.0 Å². The van der Waals surface area contributed by atoms with Gasteiger partial charge in [-0.3, -0.25) is 9.59 Å². The number of para-hydroxylation sites is 2. The van der Waals surface area contributed by atoms with E-state index >= 15 is 0 Å². The van der Waals surface area contributed by atoms with Crippen molar-refractivity contribution in [2.24, 2.45) is 5.92 Å². The maximum absolute atomic E-state index is 13.2. The standard InChI is InChI=1S/C26H32N4O2S/c1-19-12-15-29(16-13-19)24(31)18-30-23-11-7-6-10-21(23)27-25(30)22(14-17-33-2)28-26(32)20-8-4-3-5-9-20/h3-11,19,22H,12-18H2,1-2H3,(H,28,32)/t22-/m1/s1. The molecule has 1 aromatic heterocycles. The molecule has 0 unspecified atom stereocenters. The molecular weight excluding hydrogens is 432 g/mol. The zero-order valence-electron chi connectivity index (χ0n) is 19.4. The Hall–Kier alpha value is -2.80. The lowest BCUT2D eigenvalue weighted by Crippen LogP contribution is -2.40. The van der Waals surface area contributed by atoms with Gasteiger partial charge in [0.05, 0.1) is 17.1 Å². The van der Waals surface area contributed by atoms with Gasteiger partial charge in [0.15, 0.2) is 0 Å². The first-order valence-corrected chi connectivity index (χ1v) is 13.0. The maximum atomic E-state index is 13.2. The summed E-state index contributed by atoms with van der Waals surface area (Å²) in [6, 6.07) is 16.8. The number of rotatable bonds is 8. The number of benzene rings is 2. The maximum Gasteiger partial charge on any atom is 0.251 e. The number of carbonyl (C=O) groups excluding carboxylic acids is 2. The molecule has 1 fully saturated rings. The van der Waals surface area contributed by atoms with Crippen LogP contribution in [0.15, 0.2) is 54.6 Å². The van der Waals surface area contributed by atoms with Crippen molar-refractivity contribution in [1.29, 1.82) is 0 Å². The molecule has 4 rings (SSSR count). The molecule has 6 nitrogen and oxygen atoms in total. The number of nitrogens with one attached hydrogen (secondary N) is 1. The van der Waals surface area contributed by atoms with Gasteiger partial charge in [-0.15, -0.1) is 0 Å². The molecule has 1 N–H and O–H groups in total. The van der Waals surface area contributed by atoms with E-state index in [9.17, 15) is 9.59 Å². The molecule has 2 amide bonds. The van der Waals surface area contributed by atoms with Crippen LogP contribution in [0.25, 0.3) is 11.0 Å². The van der Waals surface area contributed by atoms with Crippen molar-refractivity contribution < 1.29 is 9.59 Å². The van der Waals surface area contributed by atoms with Gasteiger partial charge in [0.1, 0.15) is 12.4 Å². The van der Waals surface area contributed by atoms with Crippen LogP contribution in [0.2, 0.25) is 0 Å². The van der Waals surface area contributed by atoms with Crippen molar-refractivity contribution in [3.05, 3.63) is 66.0 Å². The number of aromatic nitrogens is 2. The van der Waals surface area contributed by atoms with Crippen LogP contribution >= 0.6 is 11.8 Å². The van der Waals surface area contributed by atoms with Gasteiger partial charge in [-0.1, -0.05) is 37.3 Å². The van der Waals surface area contributed by atoms with E-state index in [2.05, 4.69) is 18.5 Å². The first-order chi connectivity index (χ1) is 16.1. The Bertz CT molecular complexity index is 1090. The van der Waals surface area contributed by atoms with Crippen LogP contribution < -0.4 is 5.32 Å². The smallest absolute Gasteiger partial charge is 0.251 e. The van der Waals surface area contributed by atoms with Crippen molar-refractivity contribution in [3.63, 3.8) is 0 Å². The minimum Gasteiger partial charge on any atom is -0.342 e. The fourth-order valence-electron chi connectivity index (χ4n) is 4.35. The summed E-state index contributed by atoms with van der Waals surface area (Å²) in [5, 5.41) is 3.18. The number of piperidine rings is 1. The number of thioether (sulfide) groups is 1. The Morgan fingerprint density at radius 3 is 2.52 bits per heavy atom. The van der Waals surface area contributed by atoms with Crippen LogP contribution in [0.4, 0.5) is 0 Å². The Kier molecular flexibility index (Phi) is 7.70. The van der Waals surface area contributed by atoms with Gasteiger partial charge >= 0.3 is 0 Å². The normalized spacial score (nSPS) is 15.5. The highest BCUT2D eigenvalue weighted by atomic mass is 32.2. The summed E-state index contributed by atoms with van der Waals surface area (Å²) in [6.45, 7) is 4.10. The molecule has 3 aromatic rings. The second-order valence-corrected chi connectivity index (χ2v) is 9.77. The minimum atomic E-state index is -0.285. The van der Waals surface area contributed by atoms with Crippen molar-refractivity contribution in [2.45, 2.75) is 38.8 Å². The highest BCUT2D eigenvalue weighted by Crippen LogP contribution is 2.25. The van der Waals surface area contributed by atoms with Gasteiger partial charge in [0.25, 0.3) is 5.91 Å². The summed E-state index contributed by atoms with van der Waals surface area (Å²) in [4.78, 5) is 33.1. The second-order valence-electron chi connectivity index (χ2n) is 8.78. The average molecular weight is 465 g/mol. The largest absolute Gasteiger partial charge is 0.342 e. The number of hydrogen-bond acceptors (Lipinski definition) is 4. The summed E-state index contributed by atoms with van der Waals surface area (Å²) in [5.74, 6) is 2.28. The van der Waals surface area contributed by atoms with Gasteiger partial charge in [0, 0.05) is 18.7 Å². The number of hydrogen-bond donors (Lipinski definition) is 1. The highest BCUT2D eigenvalue weighted by molar-refractivity contribution is 7.98. The summed E-state index contributed by atoms with van der Waals surface area (Å²) in [7, 11) is 0. The quantitative estimate of drug-likeness (QED) is 0.532. The van der Waals surface area contributed by atoms with Gasteiger partial charge in [-0.2, -0.15) is 11.8 Å². The van der Waals surface area contributed by atoms with E-state index < -0.39 is 0 Å². The minimum absolute atomic E-state index is 0.115. The first-order valence-electron chi connectivity index (χ1n) is 11.6. The van der Waals surface area contributed by atoms with Crippen molar-refractivity contribution >= 4 is 34.6 Å². The molecule has 0 saturated carbocycles. The second kappa shape index (κ2) is 10.9. The summed E-state index contributed by atoms with van der Waals surface area (Å²) >= 11 is 1.73. The van der Waals surface area contributed by atoms with Crippen LogP contribution in [0.3, 0.4) is 0 Å². The highest BCUT2D eigenvalue weighted by Gasteiger charge is 2.26. The predicted molar refractivity (Wildman–Crippen MR) is 134 cm³/mol. The molecular formula is C26H32N4O2S. The molecule has 33 heavy (non-hydrogen) atoms. The third-order valence-corrected chi connectivity index (χ3v) is 7.02. The molecule has 1 atom stereocenters. The Labute approximate surface area is 199 Å². The topological polar surface area (TPSA) is 67.2 Å². The summed E-state index contributed by atoms with van der Waals surface area (Å²) in [5.41, 5.74) is 2.39. The van der Waals surface area contributed by atoms with Crippen LogP contribution in [0.1, 0.15) is 48.4 Å². The van der Waals surface area contributed by atoms with Gasteiger partial charge in [0.2, 0.25) is 5.91 Å². The number of imidazole rings is 1. The molecule has 0 aliphatic carbocycles. The fraction of sp³-hybridized carbons (Fsp3) is 0.423. The van der Waals surface area contributed by atoms with Gasteiger partial charge in [-0.25, -0.2) is 4.98 Å². The monoisotopic (exact) mass is 464 g/mol. The van der Waals surface area contributed by atoms with E-state index in [-0.39, 0.29) is 24.4 Å². The van der Waals surface area contributed by atoms with Crippen LogP contribution in [-0.2, 0) is 11.3 Å². The SMILES string of the molecule is CSCC[C@@H](NC(=O)c1ccccc1)c1nc2ccccc2n1CC(=O)N1CCC(C)CC1.